The molecule has 0 radical (unpaired) electrons. The average molecular weight is 150 g/mol. The van der Waals surface area contributed by atoms with Crippen molar-refractivity contribution in [3.05, 3.63) is 29.4 Å². The maximum absolute atomic E-state index is 10.3. The number of aromatic nitrogens is 1. The summed E-state index contributed by atoms with van der Waals surface area (Å²) in [5.74, 6) is 0. The third-order valence-electron chi connectivity index (χ3n) is 1.51. The zero-order chi connectivity index (χ0) is 8.27. The third-order valence-corrected chi connectivity index (χ3v) is 1.51. The molecule has 0 aromatic carbocycles. The van der Waals surface area contributed by atoms with Crippen LogP contribution in [0.2, 0.25) is 0 Å². The van der Waals surface area contributed by atoms with E-state index in [1.54, 1.807) is 19.2 Å². The van der Waals surface area contributed by atoms with Gasteiger partial charge in [-0.05, 0) is 12.1 Å². The highest BCUT2D eigenvalue weighted by Gasteiger charge is 1.89. The fourth-order valence-electron chi connectivity index (χ4n) is 0.869. The number of aryl methyl sites for hydroxylation is 1. The van der Waals surface area contributed by atoms with Crippen LogP contribution in [0.15, 0.2) is 23.3 Å². The largest absolute Gasteiger partial charge is 0.336 e. The van der Waals surface area contributed by atoms with Crippen molar-refractivity contribution in [2.24, 2.45) is 12.0 Å². The van der Waals surface area contributed by atoms with E-state index in [1.807, 2.05) is 17.8 Å². The van der Waals surface area contributed by atoms with Gasteiger partial charge >= 0.3 is 0 Å². The minimum Gasteiger partial charge on any atom is -0.336 e. The van der Waals surface area contributed by atoms with E-state index in [1.165, 1.54) is 0 Å². The Balaban J connectivity index is 3.35. The van der Waals surface area contributed by atoms with E-state index in [0.717, 1.165) is 11.8 Å². The lowest BCUT2D eigenvalue weighted by molar-refractivity contribution is 0.112. The van der Waals surface area contributed by atoms with Crippen LogP contribution in [0.4, 0.5) is 0 Å². The van der Waals surface area contributed by atoms with Crippen molar-refractivity contribution in [3.8, 4) is 0 Å². The predicted octanol–water partition coefficient (Wildman–Crippen LogP) is 0.368. The summed E-state index contributed by atoms with van der Waals surface area (Å²) in [5, 5.41) is 0. The van der Waals surface area contributed by atoms with E-state index in [9.17, 15) is 4.79 Å². The molecule has 11 heavy (non-hydrogen) atoms. The van der Waals surface area contributed by atoms with E-state index in [0.29, 0.717) is 5.56 Å². The lowest BCUT2D eigenvalue weighted by Crippen LogP contribution is -2.16. The highest BCUT2D eigenvalue weighted by atomic mass is 16.1. The quantitative estimate of drug-likeness (QED) is 0.532. The molecule has 0 saturated heterocycles. The van der Waals surface area contributed by atoms with Gasteiger partial charge in [0.05, 0.1) is 0 Å². The molecular formula is C8H10N2O. The van der Waals surface area contributed by atoms with E-state index in [2.05, 4.69) is 4.99 Å². The Labute approximate surface area is 65.0 Å². The molecule has 0 saturated carbocycles. The van der Waals surface area contributed by atoms with E-state index >= 15 is 0 Å². The monoisotopic (exact) mass is 150 g/mol. The molecule has 1 rings (SSSR count). The summed E-state index contributed by atoms with van der Waals surface area (Å²) in [7, 11) is 3.58. The molecule has 3 heteroatoms. The molecule has 0 aliphatic carbocycles. The standard InChI is InChI=1S/C8H10N2O/c1-9-8-5-7(6-11)3-4-10(8)2/h3-6H,1-2H3. The smallest absolute Gasteiger partial charge is 0.150 e. The highest BCUT2D eigenvalue weighted by molar-refractivity contribution is 5.74. The van der Waals surface area contributed by atoms with E-state index in [-0.39, 0.29) is 0 Å². The number of aldehydes is 1. The van der Waals surface area contributed by atoms with Gasteiger partial charge in [0.15, 0.2) is 0 Å². The number of pyridine rings is 1. The Morgan fingerprint density at radius 3 is 2.91 bits per heavy atom. The molecule has 0 aliphatic rings. The first-order chi connectivity index (χ1) is 5.27. The molecule has 0 fully saturated rings. The Hall–Kier alpha value is -1.38. The second kappa shape index (κ2) is 3.14. The first kappa shape index (κ1) is 7.72. The Morgan fingerprint density at radius 2 is 2.36 bits per heavy atom. The van der Waals surface area contributed by atoms with E-state index < -0.39 is 0 Å². The van der Waals surface area contributed by atoms with Crippen LogP contribution in [-0.2, 0) is 7.05 Å². The third kappa shape index (κ3) is 1.55. The summed E-state index contributed by atoms with van der Waals surface area (Å²) in [6, 6.07) is 3.49. The number of rotatable bonds is 1. The minimum absolute atomic E-state index is 0.656. The number of hydrogen-bond acceptors (Lipinski definition) is 2. The molecule has 58 valence electrons. The summed E-state index contributed by atoms with van der Waals surface area (Å²) in [4.78, 5) is 14.3. The predicted molar refractivity (Wildman–Crippen MR) is 42.3 cm³/mol. The molecule has 0 aliphatic heterocycles. The van der Waals surface area contributed by atoms with Crippen LogP contribution in [0.3, 0.4) is 0 Å². The SMILES string of the molecule is CN=c1cc(C=O)ccn1C. The Bertz CT molecular complexity index is 325. The highest BCUT2D eigenvalue weighted by Crippen LogP contribution is 1.87. The Kier molecular flexibility index (Phi) is 2.21. The molecule has 0 amide bonds. The topological polar surface area (TPSA) is 34.4 Å². The summed E-state index contributed by atoms with van der Waals surface area (Å²) in [6.45, 7) is 0. The second-order valence-corrected chi connectivity index (χ2v) is 2.27. The summed E-state index contributed by atoms with van der Waals surface area (Å²) in [5.41, 5.74) is 1.46. The number of carbonyl (C=O) groups is 1. The van der Waals surface area contributed by atoms with Crippen LogP contribution in [0, 0.1) is 0 Å². The fraction of sp³-hybridized carbons (Fsp3) is 0.250. The molecule has 0 unspecified atom stereocenters. The molecule has 3 nitrogen and oxygen atoms in total. The van der Waals surface area contributed by atoms with Crippen molar-refractivity contribution in [3.63, 3.8) is 0 Å². The lowest BCUT2D eigenvalue weighted by atomic mass is 10.3. The lowest BCUT2D eigenvalue weighted by Gasteiger charge is -1.97. The minimum atomic E-state index is 0.656. The maximum atomic E-state index is 10.3. The van der Waals surface area contributed by atoms with Gasteiger partial charge in [-0.15, -0.1) is 0 Å². The van der Waals surface area contributed by atoms with Crippen molar-refractivity contribution in [2.75, 3.05) is 7.05 Å². The summed E-state index contributed by atoms with van der Waals surface area (Å²) < 4.78 is 1.85. The number of hydrogen-bond donors (Lipinski definition) is 0. The molecule has 0 atom stereocenters. The van der Waals surface area contributed by atoms with Crippen LogP contribution in [0.25, 0.3) is 0 Å². The fourth-order valence-corrected chi connectivity index (χ4v) is 0.869. The molecule has 0 spiro atoms. The van der Waals surface area contributed by atoms with Gasteiger partial charge in [-0.25, -0.2) is 0 Å². The number of carbonyl (C=O) groups excluding carboxylic acids is 1. The zero-order valence-corrected chi connectivity index (χ0v) is 6.61. The van der Waals surface area contributed by atoms with Crippen molar-refractivity contribution < 1.29 is 4.79 Å². The van der Waals surface area contributed by atoms with Crippen molar-refractivity contribution in [1.82, 2.24) is 4.57 Å². The first-order valence-electron chi connectivity index (χ1n) is 3.32. The molecule has 1 heterocycles. The van der Waals surface area contributed by atoms with Crippen molar-refractivity contribution in [1.29, 1.82) is 0 Å². The van der Waals surface area contributed by atoms with Crippen LogP contribution < -0.4 is 5.49 Å². The van der Waals surface area contributed by atoms with Gasteiger partial charge in [-0.3, -0.25) is 9.79 Å². The Morgan fingerprint density at radius 1 is 1.64 bits per heavy atom. The van der Waals surface area contributed by atoms with Gasteiger partial charge in [-0.2, -0.15) is 0 Å². The van der Waals surface area contributed by atoms with Crippen molar-refractivity contribution in [2.45, 2.75) is 0 Å². The van der Waals surface area contributed by atoms with Gasteiger partial charge in [0, 0.05) is 25.9 Å². The summed E-state index contributed by atoms with van der Waals surface area (Å²) >= 11 is 0. The number of nitrogens with zero attached hydrogens (tertiary/aromatic N) is 2. The van der Waals surface area contributed by atoms with Gasteiger partial charge < -0.3 is 4.57 Å². The zero-order valence-electron chi connectivity index (χ0n) is 6.61. The van der Waals surface area contributed by atoms with Crippen LogP contribution in [-0.4, -0.2) is 17.9 Å². The molecule has 1 aromatic rings. The molecular weight excluding hydrogens is 140 g/mol. The molecule has 0 bridgehead atoms. The normalized spacial score (nSPS) is 11.6. The van der Waals surface area contributed by atoms with Gasteiger partial charge in [-0.1, -0.05) is 0 Å². The van der Waals surface area contributed by atoms with Gasteiger partial charge in [0.2, 0.25) is 0 Å². The first-order valence-corrected chi connectivity index (χ1v) is 3.32. The van der Waals surface area contributed by atoms with Crippen LogP contribution >= 0.6 is 0 Å². The van der Waals surface area contributed by atoms with Crippen LogP contribution in [0.5, 0.6) is 0 Å². The average Bonchev–Trinajstić information content (AvgIpc) is 2.05. The van der Waals surface area contributed by atoms with Gasteiger partial charge in [0.1, 0.15) is 11.8 Å². The maximum Gasteiger partial charge on any atom is 0.150 e. The molecule has 1 aromatic heterocycles. The van der Waals surface area contributed by atoms with Gasteiger partial charge in [0.25, 0.3) is 0 Å². The van der Waals surface area contributed by atoms with Crippen molar-refractivity contribution >= 4 is 6.29 Å². The van der Waals surface area contributed by atoms with E-state index in [4.69, 9.17) is 0 Å². The second-order valence-electron chi connectivity index (χ2n) is 2.27. The summed E-state index contributed by atoms with van der Waals surface area (Å²) in [6.07, 6.45) is 2.63. The van der Waals surface area contributed by atoms with Crippen LogP contribution in [0.1, 0.15) is 10.4 Å². The molecule has 0 N–H and O–H groups in total.